The van der Waals surface area contributed by atoms with Crippen LogP contribution < -0.4 is 4.90 Å². The first-order chi connectivity index (χ1) is 8.34. The van der Waals surface area contributed by atoms with Crippen LogP contribution in [0.15, 0.2) is 27.8 Å². The van der Waals surface area contributed by atoms with Gasteiger partial charge in [0.2, 0.25) is 0 Å². The predicted octanol–water partition coefficient (Wildman–Crippen LogP) is 3.45. The lowest BCUT2D eigenvalue weighted by Crippen LogP contribution is -2.31. The molecule has 1 aromatic rings. The molecule has 1 aliphatic rings. The number of halogens is 3. The van der Waals surface area contributed by atoms with Gasteiger partial charge in [-0.2, -0.15) is 0 Å². The van der Waals surface area contributed by atoms with Crippen LogP contribution in [0.5, 0.6) is 0 Å². The van der Waals surface area contributed by atoms with Crippen molar-refractivity contribution in [2.45, 2.75) is 13.8 Å². The van der Waals surface area contributed by atoms with E-state index in [4.69, 9.17) is 11.6 Å². The first-order valence-corrected chi connectivity index (χ1v) is 6.22. The van der Waals surface area contributed by atoms with E-state index in [1.54, 1.807) is 13.8 Å². The Labute approximate surface area is 116 Å². The van der Waals surface area contributed by atoms with Crippen molar-refractivity contribution in [3.63, 3.8) is 0 Å². The van der Waals surface area contributed by atoms with E-state index in [1.807, 2.05) is 0 Å². The molecule has 0 unspecified atom stereocenters. The number of imide groups is 1. The summed E-state index contributed by atoms with van der Waals surface area (Å²) in [5.41, 5.74) is 0.906. The molecule has 3 nitrogen and oxygen atoms in total. The SMILES string of the molecule is CC1=C(C)C(=O)N(c2c(Cl)cc(F)cc2Br)C1=O. The number of carbonyl (C=O) groups is 2. The first kappa shape index (κ1) is 13.2. The Morgan fingerprint density at radius 2 is 1.67 bits per heavy atom. The average Bonchev–Trinajstić information content (AvgIpc) is 2.45. The van der Waals surface area contributed by atoms with Crippen LogP contribution in [-0.2, 0) is 9.59 Å². The summed E-state index contributed by atoms with van der Waals surface area (Å²) in [5, 5.41) is 0.00563. The number of anilines is 1. The van der Waals surface area contributed by atoms with Crippen molar-refractivity contribution in [1.82, 2.24) is 0 Å². The molecule has 2 amide bonds. The van der Waals surface area contributed by atoms with Gasteiger partial charge in [-0.1, -0.05) is 11.6 Å². The number of benzene rings is 1. The van der Waals surface area contributed by atoms with Gasteiger partial charge < -0.3 is 0 Å². The monoisotopic (exact) mass is 331 g/mol. The van der Waals surface area contributed by atoms with Gasteiger partial charge in [0.25, 0.3) is 11.8 Å². The number of carbonyl (C=O) groups excluding carboxylic acids is 2. The summed E-state index contributed by atoms with van der Waals surface area (Å²) in [5.74, 6) is -1.42. The summed E-state index contributed by atoms with van der Waals surface area (Å²) in [4.78, 5) is 24.9. The maximum Gasteiger partial charge on any atom is 0.261 e. The molecule has 0 fully saturated rings. The molecule has 0 aliphatic carbocycles. The zero-order valence-electron chi connectivity index (χ0n) is 9.55. The van der Waals surface area contributed by atoms with Crippen LogP contribution >= 0.6 is 27.5 Å². The average molecular weight is 333 g/mol. The van der Waals surface area contributed by atoms with Gasteiger partial charge in [0.1, 0.15) is 5.82 Å². The number of rotatable bonds is 1. The van der Waals surface area contributed by atoms with Crippen LogP contribution in [0.1, 0.15) is 13.8 Å². The normalized spacial score (nSPS) is 15.9. The Morgan fingerprint density at radius 3 is 2.11 bits per heavy atom. The van der Waals surface area contributed by atoms with Gasteiger partial charge >= 0.3 is 0 Å². The zero-order chi connectivity index (χ0) is 13.6. The second-order valence-electron chi connectivity index (χ2n) is 3.91. The van der Waals surface area contributed by atoms with E-state index in [0.29, 0.717) is 11.1 Å². The molecule has 1 aliphatic heterocycles. The lowest BCUT2D eigenvalue weighted by atomic mass is 10.2. The largest absolute Gasteiger partial charge is 0.269 e. The lowest BCUT2D eigenvalue weighted by Gasteiger charge is -2.18. The number of amides is 2. The fourth-order valence-electron chi connectivity index (χ4n) is 1.70. The number of nitrogens with zero attached hydrogens (tertiary/aromatic N) is 1. The van der Waals surface area contributed by atoms with Crippen molar-refractivity contribution < 1.29 is 14.0 Å². The smallest absolute Gasteiger partial charge is 0.261 e. The summed E-state index contributed by atoms with van der Waals surface area (Å²) >= 11 is 9.02. The molecule has 1 aromatic carbocycles. The molecular weight excluding hydrogens is 324 g/mol. The van der Waals surface area contributed by atoms with Crippen LogP contribution in [0.3, 0.4) is 0 Å². The molecule has 0 aromatic heterocycles. The molecule has 0 radical (unpaired) electrons. The Kier molecular flexibility index (Phi) is 3.29. The predicted molar refractivity (Wildman–Crippen MR) is 70.0 cm³/mol. The van der Waals surface area contributed by atoms with Crippen molar-refractivity contribution in [2.24, 2.45) is 0 Å². The summed E-state index contributed by atoms with van der Waals surface area (Å²) in [6.45, 7) is 3.14. The molecule has 0 N–H and O–H groups in total. The maximum atomic E-state index is 13.1. The molecule has 0 atom stereocenters. The van der Waals surface area contributed by atoms with E-state index < -0.39 is 17.6 Å². The lowest BCUT2D eigenvalue weighted by molar-refractivity contribution is -0.120. The van der Waals surface area contributed by atoms with Gasteiger partial charge in [0, 0.05) is 15.6 Å². The van der Waals surface area contributed by atoms with Gasteiger partial charge in [-0.15, -0.1) is 0 Å². The van der Waals surface area contributed by atoms with Crippen LogP contribution in [-0.4, -0.2) is 11.8 Å². The Morgan fingerprint density at radius 1 is 1.17 bits per heavy atom. The van der Waals surface area contributed by atoms with Crippen molar-refractivity contribution >= 4 is 45.0 Å². The second-order valence-corrected chi connectivity index (χ2v) is 5.18. The van der Waals surface area contributed by atoms with Crippen molar-refractivity contribution in [3.8, 4) is 0 Å². The number of hydrogen-bond donors (Lipinski definition) is 0. The highest BCUT2D eigenvalue weighted by molar-refractivity contribution is 9.10. The first-order valence-electron chi connectivity index (χ1n) is 5.05. The van der Waals surface area contributed by atoms with E-state index >= 15 is 0 Å². The minimum absolute atomic E-state index is 0.00563. The van der Waals surface area contributed by atoms with E-state index in [1.165, 1.54) is 0 Å². The fraction of sp³-hybridized carbons (Fsp3) is 0.167. The summed E-state index contributed by atoms with van der Waals surface area (Å²) in [7, 11) is 0. The maximum absolute atomic E-state index is 13.1. The summed E-state index contributed by atoms with van der Waals surface area (Å²) in [6, 6.07) is 2.22. The van der Waals surface area contributed by atoms with E-state index in [-0.39, 0.29) is 15.2 Å². The molecule has 0 saturated carbocycles. The molecule has 1 heterocycles. The van der Waals surface area contributed by atoms with Crippen LogP contribution in [0.4, 0.5) is 10.1 Å². The Bertz CT molecular complexity index is 565. The third kappa shape index (κ3) is 1.87. The van der Waals surface area contributed by atoms with E-state index in [0.717, 1.165) is 17.0 Å². The third-order valence-electron chi connectivity index (χ3n) is 2.82. The summed E-state index contributed by atoms with van der Waals surface area (Å²) < 4.78 is 13.4. The number of hydrogen-bond acceptors (Lipinski definition) is 2. The van der Waals surface area contributed by atoms with Crippen molar-refractivity contribution in [2.75, 3.05) is 4.90 Å². The molecule has 18 heavy (non-hydrogen) atoms. The minimum atomic E-state index is -0.545. The molecule has 0 saturated heterocycles. The highest BCUT2D eigenvalue weighted by atomic mass is 79.9. The van der Waals surface area contributed by atoms with Crippen LogP contribution in [0.2, 0.25) is 5.02 Å². The molecule has 0 bridgehead atoms. The minimum Gasteiger partial charge on any atom is -0.269 e. The van der Waals surface area contributed by atoms with Gasteiger partial charge in [0.15, 0.2) is 0 Å². The topological polar surface area (TPSA) is 37.4 Å². The summed E-state index contributed by atoms with van der Waals surface area (Å²) in [6.07, 6.45) is 0. The highest BCUT2D eigenvalue weighted by Crippen LogP contribution is 2.38. The van der Waals surface area contributed by atoms with Crippen LogP contribution in [0, 0.1) is 5.82 Å². The molecule has 0 spiro atoms. The van der Waals surface area contributed by atoms with Gasteiger partial charge in [-0.05, 0) is 41.9 Å². The second kappa shape index (κ2) is 4.48. The molecule has 94 valence electrons. The third-order valence-corrected chi connectivity index (χ3v) is 3.71. The van der Waals surface area contributed by atoms with Crippen LogP contribution in [0.25, 0.3) is 0 Å². The van der Waals surface area contributed by atoms with Crippen molar-refractivity contribution in [1.29, 1.82) is 0 Å². The van der Waals surface area contributed by atoms with Crippen molar-refractivity contribution in [3.05, 3.63) is 38.6 Å². The molecule has 6 heteroatoms. The highest BCUT2D eigenvalue weighted by Gasteiger charge is 2.36. The quantitative estimate of drug-likeness (QED) is 0.739. The van der Waals surface area contributed by atoms with Gasteiger partial charge in [-0.3, -0.25) is 9.59 Å². The van der Waals surface area contributed by atoms with Gasteiger partial charge in [0.05, 0.1) is 10.7 Å². The Balaban J connectivity index is 2.60. The van der Waals surface area contributed by atoms with E-state index in [9.17, 15) is 14.0 Å². The fourth-order valence-corrected chi connectivity index (χ4v) is 2.71. The van der Waals surface area contributed by atoms with E-state index in [2.05, 4.69) is 15.9 Å². The molecular formula is C12H8BrClFNO2. The molecule has 2 rings (SSSR count). The van der Waals surface area contributed by atoms with Gasteiger partial charge in [-0.25, -0.2) is 9.29 Å². The standard InChI is InChI=1S/C12H8BrClFNO2/c1-5-6(2)12(18)16(11(5)17)10-8(13)3-7(15)4-9(10)14/h3-4H,1-2H3. The zero-order valence-corrected chi connectivity index (χ0v) is 11.9. The Hall–Kier alpha value is -1.20.